The molecule has 1 aromatic carbocycles. The molecule has 0 saturated carbocycles. The number of nitrogens with one attached hydrogen (secondary N) is 1. The maximum absolute atomic E-state index is 4.97. The highest BCUT2D eigenvalue weighted by molar-refractivity contribution is 5.78. The number of para-hydroxylation sites is 1. The molecule has 0 saturated heterocycles. The third-order valence-electron chi connectivity index (χ3n) is 2.46. The fourth-order valence-corrected chi connectivity index (χ4v) is 1.62. The highest BCUT2D eigenvalue weighted by Crippen LogP contribution is 2.12. The SMILES string of the molecule is COCCNCc1cnc2ccccc2c1. The first-order chi connectivity index (χ1) is 7.90. The lowest BCUT2D eigenvalue weighted by molar-refractivity contribution is 0.199. The molecule has 0 aliphatic heterocycles. The van der Waals surface area contributed by atoms with Crippen LogP contribution in [0.4, 0.5) is 0 Å². The number of rotatable bonds is 5. The molecule has 0 fully saturated rings. The first kappa shape index (κ1) is 11.0. The molecule has 0 bridgehead atoms. The number of pyridine rings is 1. The van der Waals surface area contributed by atoms with E-state index in [-0.39, 0.29) is 0 Å². The topological polar surface area (TPSA) is 34.1 Å². The predicted octanol–water partition coefficient (Wildman–Crippen LogP) is 1.97. The van der Waals surface area contributed by atoms with Crippen LogP contribution in [0.2, 0.25) is 0 Å². The third kappa shape index (κ3) is 2.78. The Morgan fingerprint density at radius 2 is 2.19 bits per heavy atom. The van der Waals surface area contributed by atoms with Crippen LogP contribution in [0.3, 0.4) is 0 Å². The second-order valence-electron chi connectivity index (χ2n) is 3.71. The first-order valence-corrected chi connectivity index (χ1v) is 5.43. The van der Waals surface area contributed by atoms with Crippen LogP contribution in [0.1, 0.15) is 5.56 Å². The van der Waals surface area contributed by atoms with Gasteiger partial charge in [0.2, 0.25) is 0 Å². The number of ether oxygens (including phenoxy) is 1. The van der Waals surface area contributed by atoms with E-state index < -0.39 is 0 Å². The Morgan fingerprint density at radius 1 is 1.31 bits per heavy atom. The van der Waals surface area contributed by atoms with Crippen molar-refractivity contribution in [1.29, 1.82) is 0 Å². The van der Waals surface area contributed by atoms with E-state index in [1.54, 1.807) is 7.11 Å². The van der Waals surface area contributed by atoms with E-state index in [0.717, 1.165) is 25.2 Å². The number of hydrogen-bond acceptors (Lipinski definition) is 3. The van der Waals surface area contributed by atoms with Gasteiger partial charge >= 0.3 is 0 Å². The summed E-state index contributed by atoms with van der Waals surface area (Å²) in [5, 5.41) is 4.49. The van der Waals surface area contributed by atoms with Crippen LogP contribution >= 0.6 is 0 Å². The number of nitrogens with zero attached hydrogens (tertiary/aromatic N) is 1. The van der Waals surface area contributed by atoms with Crippen molar-refractivity contribution < 1.29 is 4.74 Å². The zero-order valence-electron chi connectivity index (χ0n) is 9.44. The molecule has 0 unspecified atom stereocenters. The van der Waals surface area contributed by atoms with E-state index in [2.05, 4.69) is 22.4 Å². The van der Waals surface area contributed by atoms with Gasteiger partial charge in [0.15, 0.2) is 0 Å². The third-order valence-corrected chi connectivity index (χ3v) is 2.46. The molecule has 3 nitrogen and oxygen atoms in total. The molecule has 2 aromatic rings. The van der Waals surface area contributed by atoms with E-state index >= 15 is 0 Å². The number of methoxy groups -OCH3 is 1. The molecular weight excluding hydrogens is 200 g/mol. The van der Waals surface area contributed by atoms with Crippen molar-refractivity contribution in [1.82, 2.24) is 10.3 Å². The second kappa shape index (κ2) is 5.58. The van der Waals surface area contributed by atoms with Gasteiger partial charge < -0.3 is 10.1 Å². The largest absolute Gasteiger partial charge is 0.383 e. The van der Waals surface area contributed by atoms with Crippen molar-refractivity contribution >= 4 is 10.9 Å². The van der Waals surface area contributed by atoms with Crippen molar-refractivity contribution in [2.24, 2.45) is 0 Å². The van der Waals surface area contributed by atoms with E-state index in [9.17, 15) is 0 Å². The van der Waals surface area contributed by atoms with Crippen LogP contribution < -0.4 is 5.32 Å². The Labute approximate surface area is 95.5 Å². The quantitative estimate of drug-likeness (QED) is 0.776. The van der Waals surface area contributed by atoms with Crippen LogP contribution in [0.5, 0.6) is 0 Å². The summed E-state index contributed by atoms with van der Waals surface area (Å²) in [6, 6.07) is 10.3. The predicted molar refractivity (Wildman–Crippen MR) is 65.3 cm³/mol. The van der Waals surface area contributed by atoms with Crippen LogP contribution in [-0.4, -0.2) is 25.2 Å². The normalized spacial score (nSPS) is 10.8. The van der Waals surface area contributed by atoms with Gasteiger partial charge in [-0.3, -0.25) is 4.98 Å². The summed E-state index contributed by atoms with van der Waals surface area (Å²) in [5.74, 6) is 0. The fourth-order valence-electron chi connectivity index (χ4n) is 1.62. The zero-order valence-corrected chi connectivity index (χ0v) is 9.44. The molecule has 2 rings (SSSR count). The van der Waals surface area contributed by atoms with Gasteiger partial charge in [0.1, 0.15) is 0 Å². The second-order valence-corrected chi connectivity index (χ2v) is 3.71. The molecule has 0 atom stereocenters. The van der Waals surface area contributed by atoms with Gasteiger partial charge in [-0.15, -0.1) is 0 Å². The van der Waals surface area contributed by atoms with Gasteiger partial charge in [0.05, 0.1) is 12.1 Å². The van der Waals surface area contributed by atoms with Crippen molar-refractivity contribution in [2.45, 2.75) is 6.54 Å². The number of hydrogen-bond donors (Lipinski definition) is 1. The summed E-state index contributed by atoms with van der Waals surface area (Å²) in [7, 11) is 1.71. The summed E-state index contributed by atoms with van der Waals surface area (Å²) in [4.78, 5) is 4.41. The lowest BCUT2D eigenvalue weighted by atomic mass is 10.1. The molecule has 1 aromatic heterocycles. The fraction of sp³-hybridized carbons (Fsp3) is 0.308. The van der Waals surface area contributed by atoms with Crippen LogP contribution in [0.15, 0.2) is 36.5 Å². The van der Waals surface area contributed by atoms with Crippen LogP contribution in [0, 0.1) is 0 Å². The molecule has 1 N–H and O–H groups in total. The first-order valence-electron chi connectivity index (χ1n) is 5.43. The summed E-state index contributed by atoms with van der Waals surface area (Å²) in [6.45, 7) is 2.44. The molecule has 0 aliphatic carbocycles. The molecule has 84 valence electrons. The summed E-state index contributed by atoms with van der Waals surface area (Å²) >= 11 is 0. The summed E-state index contributed by atoms with van der Waals surface area (Å²) < 4.78 is 4.97. The Bertz CT molecular complexity index is 456. The lowest BCUT2D eigenvalue weighted by Gasteiger charge is -2.05. The van der Waals surface area contributed by atoms with Gasteiger partial charge in [0, 0.05) is 31.8 Å². The average molecular weight is 216 g/mol. The average Bonchev–Trinajstić information content (AvgIpc) is 2.34. The smallest absolute Gasteiger partial charge is 0.0702 e. The highest BCUT2D eigenvalue weighted by atomic mass is 16.5. The Morgan fingerprint density at radius 3 is 3.06 bits per heavy atom. The molecule has 0 spiro atoms. The minimum atomic E-state index is 0.737. The van der Waals surface area contributed by atoms with Crippen molar-refractivity contribution in [3.63, 3.8) is 0 Å². The van der Waals surface area contributed by atoms with Crippen molar-refractivity contribution in [3.05, 3.63) is 42.1 Å². The monoisotopic (exact) mass is 216 g/mol. The molecule has 0 amide bonds. The Hall–Kier alpha value is -1.45. The molecular formula is C13H16N2O. The minimum absolute atomic E-state index is 0.737. The van der Waals surface area contributed by atoms with Gasteiger partial charge in [-0.05, 0) is 17.7 Å². The maximum atomic E-state index is 4.97. The molecule has 1 heterocycles. The zero-order chi connectivity index (χ0) is 11.2. The van der Waals surface area contributed by atoms with E-state index in [0.29, 0.717) is 0 Å². The van der Waals surface area contributed by atoms with Gasteiger partial charge in [-0.25, -0.2) is 0 Å². The molecule has 16 heavy (non-hydrogen) atoms. The summed E-state index contributed by atoms with van der Waals surface area (Å²) in [5.41, 5.74) is 2.25. The van der Waals surface area contributed by atoms with Gasteiger partial charge in [-0.1, -0.05) is 18.2 Å². The summed E-state index contributed by atoms with van der Waals surface area (Å²) in [6.07, 6.45) is 1.92. The lowest BCUT2D eigenvalue weighted by Crippen LogP contribution is -2.18. The number of aromatic nitrogens is 1. The van der Waals surface area contributed by atoms with E-state index in [1.807, 2.05) is 24.4 Å². The minimum Gasteiger partial charge on any atom is -0.383 e. The van der Waals surface area contributed by atoms with E-state index in [4.69, 9.17) is 4.74 Å². The maximum Gasteiger partial charge on any atom is 0.0702 e. The van der Waals surface area contributed by atoms with Gasteiger partial charge in [-0.2, -0.15) is 0 Å². The van der Waals surface area contributed by atoms with Crippen LogP contribution in [0.25, 0.3) is 10.9 Å². The molecule has 3 heteroatoms. The highest BCUT2D eigenvalue weighted by Gasteiger charge is 1.96. The van der Waals surface area contributed by atoms with Crippen molar-refractivity contribution in [3.8, 4) is 0 Å². The number of benzene rings is 1. The standard InChI is InChI=1S/C13H16N2O/c1-16-7-6-14-9-11-8-12-4-2-3-5-13(12)15-10-11/h2-5,8,10,14H,6-7,9H2,1H3. The Balaban J connectivity index is 2.02. The molecule has 0 aliphatic rings. The van der Waals surface area contributed by atoms with Crippen molar-refractivity contribution in [2.75, 3.05) is 20.3 Å². The molecule has 0 radical (unpaired) electrons. The van der Waals surface area contributed by atoms with Crippen LogP contribution in [-0.2, 0) is 11.3 Å². The Kier molecular flexibility index (Phi) is 3.86. The number of fused-ring (bicyclic) bond motifs is 1. The van der Waals surface area contributed by atoms with Gasteiger partial charge in [0.25, 0.3) is 0 Å². The van der Waals surface area contributed by atoms with E-state index in [1.165, 1.54) is 10.9 Å².